The number of fused-ring (bicyclic) bond motifs is 1. The summed E-state index contributed by atoms with van der Waals surface area (Å²) in [5, 5.41) is 2.75. The first-order valence-corrected chi connectivity index (χ1v) is 8.93. The second-order valence-electron chi connectivity index (χ2n) is 6.79. The lowest BCUT2D eigenvalue weighted by molar-refractivity contribution is -0.119. The van der Waals surface area contributed by atoms with E-state index in [9.17, 15) is 14.0 Å². The molecule has 2 aromatic carbocycles. The molecule has 6 heteroatoms. The molecule has 0 saturated carbocycles. The summed E-state index contributed by atoms with van der Waals surface area (Å²) in [6.45, 7) is 4.78. The van der Waals surface area contributed by atoms with Crippen LogP contribution in [0.4, 0.5) is 15.8 Å². The maximum Gasteiger partial charge on any atom is 0.260 e. The predicted octanol–water partition coefficient (Wildman–Crippen LogP) is 4.67. The molecule has 3 rings (SSSR count). The van der Waals surface area contributed by atoms with Gasteiger partial charge in [0.15, 0.2) is 0 Å². The van der Waals surface area contributed by atoms with Gasteiger partial charge in [-0.25, -0.2) is 4.39 Å². The number of benzene rings is 2. The summed E-state index contributed by atoms with van der Waals surface area (Å²) in [4.78, 5) is 26.4. The van der Waals surface area contributed by atoms with Crippen molar-refractivity contribution in [1.29, 1.82) is 0 Å². The fourth-order valence-corrected chi connectivity index (χ4v) is 3.36. The Morgan fingerprint density at radius 1 is 1.27 bits per heavy atom. The van der Waals surface area contributed by atoms with Gasteiger partial charge < -0.3 is 10.2 Å². The lowest BCUT2D eigenvalue weighted by Gasteiger charge is -2.31. The number of anilines is 2. The minimum Gasteiger partial charge on any atom is -0.322 e. The van der Waals surface area contributed by atoms with Gasteiger partial charge in [-0.05, 0) is 48.2 Å². The van der Waals surface area contributed by atoms with Crippen molar-refractivity contribution in [3.63, 3.8) is 0 Å². The first-order valence-electron chi connectivity index (χ1n) is 8.55. The minimum absolute atomic E-state index is 0.0640. The highest BCUT2D eigenvalue weighted by Crippen LogP contribution is 2.31. The molecular formula is C20H20ClFN2O2. The summed E-state index contributed by atoms with van der Waals surface area (Å²) >= 11 is 5.94. The Morgan fingerprint density at radius 2 is 2.04 bits per heavy atom. The monoisotopic (exact) mass is 374 g/mol. The summed E-state index contributed by atoms with van der Waals surface area (Å²) < 4.78 is 13.9. The van der Waals surface area contributed by atoms with E-state index < -0.39 is 11.7 Å². The topological polar surface area (TPSA) is 49.4 Å². The molecule has 0 bridgehead atoms. The average Bonchev–Trinajstić information content (AvgIpc) is 2.57. The van der Waals surface area contributed by atoms with E-state index in [4.69, 9.17) is 11.6 Å². The fraction of sp³-hybridized carbons (Fsp3) is 0.300. The summed E-state index contributed by atoms with van der Waals surface area (Å²) in [5.41, 5.74) is 2.23. The van der Waals surface area contributed by atoms with Crippen LogP contribution in [0.3, 0.4) is 0 Å². The molecule has 0 aromatic heterocycles. The van der Waals surface area contributed by atoms with E-state index in [0.717, 1.165) is 11.3 Å². The van der Waals surface area contributed by atoms with Crippen molar-refractivity contribution in [3.8, 4) is 0 Å². The van der Waals surface area contributed by atoms with Gasteiger partial charge in [0.1, 0.15) is 5.82 Å². The second kappa shape index (κ2) is 7.46. The van der Waals surface area contributed by atoms with Crippen LogP contribution in [0.5, 0.6) is 0 Å². The van der Waals surface area contributed by atoms with E-state index in [2.05, 4.69) is 19.2 Å². The molecular weight excluding hydrogens is 355 g/mol. The van der Waals surface area contributed by atoms with Crippen molar-refractivity contribution in [2.45, 2.75) is 26.7 Å². The Balaban J connectivity index is 1.85. The van der Waals surface area contributed by atoms with Crippen LogP contribution in [0.2, 0.25) is 5.02 Å². The van der Waals surface area contributed by atoms with E-state index in [1.807, 2.05) is 12.1 Å². The van der Waals surface area contributed by atoms with Gasteiger partial charge in [0, 0.05) is 24.3 Å². The van der Waals surface area contributed by atoms with Crippen molar-refractivity contribution >= 4 is 34.8 Å². The minimum atomic E-state index is -0.665. The molecule has 1 aliphatic heterocycles. The second-order valence-corrected chi connectivity index (χ2v) is 7.20. The van der Waals surface area contributed by atoms with Crippen LogP contribution in [-0.4, -0.2) is 18.4 Å². The zero-order valence-electron chi connectivity index (χ0n) is 14.7. The predicted molar refractivity (Wildman–Crippen MR) is 101 cm³/mol. The zero-order valence-corrected chi connectivity index (χ0v) is 15.4. The number of nitrogens with one attached hydrogen (secondary N) is 1. The Hall–Kier alpha value is -2.40. The zero-order chi connectivity index (χ0) is 18.8. The van der Waals surface area contributed by atoms with Gasteiger partial charge in [0.25, 0.3) is 5.91 Å². The maximum atomic E-state index is 13.9. The first-order chi connectivity index (χ1) is 12.4. The lowest BCUT2D eigenvalue weighted by atomic mass is 9.99. The van der Waals surface area contributed by atoms with Crippen LogP contribution >= 0.6 is 11.6 Å². The molecule has 0 fully saturated rings. The number of nitrogens with zero attached hydrogens (tertiary/aromatic N) is 1. The van der Waals surface area contributed by atoms with Crippen LogP contribution in [-0.2, 0) is 11.2 Å². The maximum absolute atomic E-state index is 13.9. The molecule has 0 saturated heterocycles. The third-order valence-corrected chi connectivity index (χ3v) is 4.59. The van der Waals surface area contributed by atoms with Crippen LogP contribution in [0.15, 0.2) is 36.4 Å². The molecule has 0 spiro atoms. The smallest absolute Gasteiger partial charge is 0.260 e. The van der Waals surface area contributed by atoms with Gasteiger partial charge in [0.05, 0.1) is 10.6 Å². The molecule has 136 valence electrons. The van der Waals surface area contributed by atoms with Crippen molar-refractivity contribution in [1.82, 2.24) is 0 Å². The average molecular weight is 375 g/mol. The molecule has 26 heavy (non-hydrogen) atoms. The highest BCUT2D eigenvalue weighted by atomic mass is 35.5. The number of hydrogen-bond donors (Lipinski definition) is 1. The van der Waals surface area contributed by atoms with Gasteiger partial charge in [-0.2, -0.15) is 0 Å². The number of carbonyl (C=O) groups excluding carboxylic acids is 2. The Labute approximate surface area is 157 Å². The van der Waals surface area contributed by atoms with E-state index in [1.165, 1.54) is 18.2 Å². The lowest BCUT2D eigenvalue weighted by Crippen LogP contribution is -2.37. The van der Waals surface area contributed by atoms with Gasteiger partial charge in [0.2, 0.25) is 5.91 Å². The normalized spacial score (nSPS) is 13.7. The van der Waals surface area contributed by atoms with Crippen LogP contribution in [0.25, 0.3) is 0 Å². The number of amides is 2. The number of halogens is 2. The largest absolute Gasteiger partial charge is 0.322 e. The molecule has 2 amide bonds. The van der Waals surface area contributed by atoms with Gasteiger partial charge in [-0.1, -0.05) is 31.5 Å². The van der Waals surface area contributed by atoms with Crippen LogP contribution < -0.4 is 10.2 Å². The van der Waals surface area contributed by atoms with Crippen molar-refractivity contribution in [2.75, 3.05) is 16.8 Å². The quantitative estimate of drug-likeness (QED) is 0.845. The number of rotatable bonds is 4. The fourth-order valence-electron chi connectivity index (χ4n) is 3.11. The third kappa shape index (κ3) is 3.73. The van der Waals surface area contributed by atoms with Crippen molar-refractivity contribution in [2.24, 2.45) is 5.92 Å². The van der Waals surface area contributed by atoms with E-state index >= 15 is 0 Å². The van der Waals surface area contributed by atoms with E-state index in [1.54, 1.807) is 11.0 Å². The molecule has 0 radical (unpaired) electrons. The summed E-state index contributed by atoms with van der Waals surface area (Å²) in [7, 11) is 0. The highest BCUT2D eigenvalue weighted by Gasteiger charge is 2.25. The Bertz CT molecular complexity index is 847. The summed E-state index contributed by atoms with van der Waals surface area (Å²) in [6.07, 6.45) is 1.06. The highest BCUT2D eigenvalue weighted by molar-refractivity contribution is 6.34. The number of hydrogen-bond acceptors (Lipinski definition) is 2. The molecule has 4 nitrogen and oxygen atoms in total. The van der Waals surface area contributed by atoms with E-state index in [-0.39, 0.29) is 16.5 Å². The molecule has 1 heterocycles. The molecule has 0 atom stereocenters. The van der Waals surface area contributed by atoms with Crippen LogP contribution in [0, 0.1) is 11.7 Å². The summed E-state index contributed by atoms with van der Waals surface area (Å²) in [5.74, 6) is -0.797. The standard InChI is InChI=1S/C20H20ClFN2O2/c1-12(2)11-24-17-8-7-14(10-13(17)6-9-18(24)25)23-20(26)19-15(21)4-3-5-16(19)22/h3-5,7-8,10,12H,6,9,11H2,1-2H3,(H,23,26). The van der Waals surface area contributed by atoms with Gasteiger partial charge in [-0.15, -0.1) is 0 Å². The number of carbonyl (C=O) groups is 2. The number of aryl methyl sites for hydroxylation is 1. The van der Waals surface area contributed by atoms with Crippen molar-refractivity contribution in [3.05, 3.63) is 58.4 Å². The SMILES string of the molecule is CC(C)CN1C(=O)CCc2cc(NC(=O)c3c(F)cccc3Cl)ccc21. The molecule has 0 unspecified atom stereocenters. The van der Waals surface area contributed by atoms with Crippen LogP contribution in [0.1, 0.15) is 36.2 Å². The van der Waals surface area contributed by atoms with Crippen molar-refractivity contribution < 1.29 is 14.0 Å². The molecule has 0 aliphatic carbocycles. The van der Waals surface area contributed by atoms with Gasteiger partial charge >= 0.3 is 0 Å². The Morgan fingerprint density at radius 3 is 2.73 bits per heavy atom. The first kappa shape index (κ1) is 18.4. The third-order valence-electron chi connectivity index (χ3n) is 4.27. The van der Waals surface area contributed by atoms with E-state index in [0.29, 0.717) is 31.0 Å². The van der Waals surface area contributed by atoms with Gasteiger partial charge in [-0.3, -0.25) is 9.59 Å². The molecule has 1 aliphatic rings. The Kier molecular flexibility index (Phi) is 5.28. The summed E-state index contributed by atoms with van der Waals surface area (Å²) in [6, 6.07) is 9.50. The molecule has 2 aromatic rings. The molecule has 1 N–H and O–H groups in total.